The molecule has 0 aliphatic carbocycles. The Hall–Kier alpha value is -1.62. The van der Waals surface area contributed by atoms with Crippen LogP contribution in [0.25, 0.3) is 0 Å². The fourth-order valence-electron chi connectivity index (χ4n) is 2.10. The maximum Gasteiger partial charge on any atom is 0.255 e. The third kappa shape index (κ3) is 2.74. The second kappa shape index (κ2) is 5.14. The number of amides is 1. The van der Waals surface area contributed by atoms with Crippen LogP contribution in [0.15, 0.2) is 23.1 Å². The minimum Gasteiger partial charge on any atom is -0.338 e. The summed E-state index contributed by atoms with van der Waals surface area (Å²) < 4.78 is 0. The van der Waals surface area contributed by atoms with Crippen LogP contribution in [0.5, 0.6) is 0 Å². The molecule has 0 unspecified atom stereocenters. The van der Waals surface area contributed by atoms with E-state index < -0.39 is 0 Å². The van der Waals surface area contributed by atoms with Gasteiger partial charge in [-0.15, -0.1) is 0 Å². The Bertz CT molecular complexity index is 427. The maximum atomic E-state index is 12.1. The van der Waals surface area contributed by atoms with Crippen molar-refractivity contribution < 1.29 is 4.79 Å². The minimum absolute atomic E-state index is 0.00389. The summed E-state index contributed by atoms with van der Waals surface area (Å²) in [5.41, 5.74) is 0.364. The molecule has 0 radical (unpaired) electrons. The number of carbonyl (C=O) groups excluding carboxylic acids is 1. The lowest BCUT2D eigenvalue weighted by Gasteiger charge is -2.31. The van der Waals surface area contributed by atoms with Crippen molar-refractivity contribution in [2.45, 2.75) is 18.9 Å². The van der Waals surface area contributed by atoms with E-state index in [1.807, 2.05) is 11.9 Å². The zero-order valence-electron chi connectivity index (χ0n) is 9.90. The summed E-state index contributed by atoms with van der Waals surface area (Å²) in [7, 11) is 1.95. The van der Waals surface area contributed by atoms with Gasteiger partial charge in [-0.3, -0.25) is 9.59 Å². The van der Waals surface area contributed by atoms with E-state index in [2.05, 4.69) is 10.3 Å². The Labute approximate surface area is 99.8 Å². The van der Waals surface area contributed by atoms with Crippen LogP contribution in [-0.4, -0.2) is 42.0 Å². The second-order valence-electron chi connectivity index (χ2n) is 4.30. The first-order chi connectivity index (χ1) is 8.20. The van der Waals surface area contributed by atoms with Crippen LogP contribution < -0.4 is 10.9 Å². The first kappa shape index (κ1) is 11.9. The van der Waals surface area contributed by atoms with Gasteiger partial charge in [-0.25, -0.2) is 0 Å². The highest BCUT2D eigenvalue weighted by Crippen LogP contribution is 2.12. The number of hydrogen-bond donors (Lipinski definition) is 2. The highest BCUT2D eigenvalue weighted by molar-refractivity contribution is 5.93. The molecule has 1 amide bonds. The van der Waals surface area contributed by atoms with Crippen molar-refractivity contribution >= 4 is 5.91 Å². The molecule has 0 aromatic carbocycles. The van der Waals surface area contributed by atoms with Crippen LogP contribution in [0.1, 0.15) is 23.2 Å². The van der Waals surface area contributed by atoms with Crippen LogP contribution in [0.3, 0.4) is 0 Å². The van der Waals surface area contributed by atoms with Gasteiger partial charge in [-0.05, 0) is 26.0 Å². The maximum absolute atomic E-state index is 12.1. The second-order valence-corrected chi connectivity index (χ2v) is 4.30. The SMILES string of the molecule is CNC1CCN(C(=O)c2ccc(=O)[nH]c2)CC1. The number of nitrogens with zero attached hydrogens (tertiary/aromatic N) is 1. The van der Waals surface area contributed by atoms with Crippen LogP contribution >= 0.6 is 0 Å². The molecule has 1 aliphatic heterocycles. The van der Waals surface area contributed by atoms with Gasteiger partial charge in [0.2, 0.25) is 5.56 Å². The van der Waals surface area contributed by atoms with E-state index in [0.29, 0.717) is 11.6 Å². The van der Waals surface area contributed by atoms with E-state index in [0.717, 1.165) is 25.9 Å². The summed E-state index contributed by atoms with van der Waals surface area (Å²) in [6, 6.07) is 3.47. The molecule has 92 valence electrons. The molecular weight excluding hydrogens is 218 g/mol. The van der Waals surface area contributed by atoms with Crippen molar-refractivity contribution in [3.8, 4) is 0 Å². The first-order valence-electron chi connectivity index (χ1n) is 5.86. The molecule has 1 aliphatic rings. The Morgan fingerprint density at radius 1 is 1.41 bits per heavy atom. The third-order valence-corrected chi connectivity index (χ3v) is 3.22. The number of nitrogens with one attached hydrogen (secondary N) is 2. The van der Waals surface area contributed by atoms with Gasteiger partial charge >= 0.3 is 0 Å². The van der Waals surface area contributed by atoms with Gasteiger partial charge in [-0.1, -0.05) is 0 Å². The highest BCUT2D eigenvalue weighted by atomic mass is 16.2. The normalized spacial score (nSPS) is 17.1. The number of pyridine rings is 1. The van der Waals surface area contributed by atoms with Gasteiger partial charge in [-0.2, -0.15) is 0 Å². The topological polar surface area (TPSA) is 65.2 Å². The summed E-state index contributed by atoms with van der Waals surface area (Å²) in [6.07, 6.45) is 3.44. The van der Waals surface area contributed by atoms with E-state index in [1.54, 1.807) is 6.07 Å². The Morgan fingerprint density at radius 2 is 2.12 bits per heavy atom. The Kier molecular flexibility index (Phi) is 3.58. The van der Waals surface area contributed by atoms with Gasteiger partial charge in [0.05, 0.1) is 5.56 Å². The average molecular weight is 235 g/mol. The summed E-state index contributed by atoms with van der Waals surface area (Å²) in [4.78, 5) is 27.4. The molecule has 2 N–H and O–H groups in total. The van der Waals surface area contributed by atoms with Crippen LogP contribution in [0.4, 0.5) is 0 Å². The number of likely N-dealkylation sites (tertiary alicyclic amines) is 1. The molecule has 1 saturated heterocycles. The monoisotopic (exact) mass is 235 g/mol. The Morgan fingerprint density at radius 3 is 2.65 bits per heavy atom. The minimum atomic E-state index is -0.185. The number of hydrogen-bond acceptors (Lipinski definition) is 3. The zero-order valence-corrected chi connectivity index (χ0v) is 9.90. The molecule has 1 fully saturated rings. The summed E-state index contributed by atoms with van der Waals surface area (Å²) >= 11 is 0. The smallest absolute Gasteiger partial charge is 0.255 e. The van der Waals surface area contributed by atoms with Crippen molar-refractivity contribution in [3.63, 3.8) is 0 Å². The fourth-order valence-corrected chi connectivity index (χ4v) is 2.10. The van der Waals surface area contributed by atoms with Crippen molar-refractivity contribution in [2.75, 3.05) is 20.1 Å². The number of piperidine rings is 1. The van der Waals surface area contributed by atoms with Crippen LogP contribution in [0.2, 0.25) is 0 Å². The van der Waals surface area contributed by atoms with Crippen molar-refractivity contribution in [2.24, 2.45) is 0 Å². The summed E-state index contributed by atoms with van der Waals surface area (Å²) in [6.45, 7) is 1.53. The lowest BCUT2D eigenvalue weighted by Crippen LogP contribution is -2.44. The summed E-state index contributed by atoms with van der Waals surface area (Å²) in [5.74, 6) is -0.00389. The van der Waals surface area contributed by atoms with Crippen LogP contribution in [0, 0.1) is 0 Å². The molecule has 2 heterocycles. The summed E-state index contributed by atoms with van der Waals surface area (Å²) in [5, 5.41) is 3.23. The number of aromatic amines is 1. The quantitative estimate of drug-likeness (QED) is 0.769. The Balaban J connectivity index is 2.01. The lowest BCUT2D eigenvalue weighted by atomic mass is 10.0. The molecule has 0 spiro atoms. The van der Waals surface area contributed by atoms with Gasteiger partial charge in [0.15, 0.2) is 0 Å². The van der Waals surface area contributed by atoms with E-state index in [1.165, 1.54) is 12.3 Å². The molecule has 17 heavy (non-hydrogen) atoms. The number of H-pyrrole nitrogens is 1. The number of rotatable bonds is 2. The zero-order chi connectivity index (χ0) is 12.3. The predicted molar refractivity (Wildman–Crippen MR) is 65.0 cm³/mol. The number of carbonyl (C=O) groups is 1. The van der Waals surface area contributed by atoms with E-state index in [9.17, 15) is 9.59 Å². The van der Waals surface area contributed by atoms with Gasteiger partial charge in [0.1, 0.15) is 0 Å². The first-order valence-corrected chi connectivity index (χ1v) is 5.86. The predicted octanol–water partition coefficient (Wildman–Crippen LogP) is 0.199. The molecule has 0 atom stereocenters. The fraction of sp³-hybridized carbons (Fsp3) is 0.500. The van der Waals surface area contributed by atoms with Gasteiger partial charge in [0, 0.05) is 31.4 Å². The molecule has 5 heteroatoms. The average Bonchev–Trinajstić information content (AvgIpc) is 2.39. The molecule has 1 aromatic rings. The van der Waals surface area contributed by atoms with Crippen molar-refractivity contribution in [1.29, 1.82) is 0 Å². The molecule has 2 rings (SSSR count). The molecule has 0 bridgehead atoms. The molecular formula is C12H17N3O2. The molecule has 1 aromatic heterocycles. The van der Waals surface area contributed by atoms with Crippen molar-refractivity contribution in [3.05, 3.63) is 34.2 Å². The van der Waals surface area contributed by atoms with Gasteiger partial charge in [0.25, 0.3) is 5.91 Å². The lowest BCUT2D eigenvalue weighted by molar-refractivity contribution is 0.0707. The number of aromatic nitrogens is 1. The van der Waals surface area contributed by atoms with E-state index in [4.69, 9.17) is 0 Å². The van der Waals surface area contributed by atoms with Gasteiger partial charge < -0.3 is 15.2 Å². The van der Waals surface area contributed by atoms with Crippen LogP contribution in [-0.2, 0) is 0 Å². The standard InChI is InChI=1S/C12H17N3O2/c1-13-10-4-6-15(7-5-10)12(17)9-2-3-11(16)14-8-9/h2-3,8,10,13H,4-7H2,1H3,(H,14,16). The molecule has 0 saturated carbocycles. The third-order valence-electron chi connectivity index (χ3n) is 3.22. The van der Waals surface area contributed by atoms with E-state index >= 15 is 0 Å². The van der Waals surface area contributed by atoms with Crippen molar-refractivity contribution in [1.82, 2.24) is 15.2 Å². The molecule has 5 nitrogen and oxygen atoms in total. The van der Waals surface area contributed by atoms with E-state index in [-0.39, 0.29) is 11.5 Å². The largest absolute Gasteiger partial charge is 0.338 e. The highest BCUT2D eigenvalue weighted by Gasteiger charge is 2.22.